The van der Waals surface area contributed by atoms with E-state index in [1.165, 1.54) is 12.4 Å². The minimum atomic E-state index is -0.532. The topological polar surface area (TPSA) is 112 Å². The zero-order chi connectivity index (χ0) is 29.6. The maximum Gasteiger partial charge on any atom is 0.343 e. The van der Waals surface area contributed by atoms with Gasteiger partial charge in [0.25, 0.3) is 0 Å². The van der Waals surface area contributed by atoms with Crippen LogP contribution in [0.4, 0.5) is 23.0 Å². The zero-order valence-electron chi connectivity index (χ0n) is 22.7. The summed E-state index contributed by atoms with van der Waals surface area (Å²) in [5, 5.41) is 16.3. The Labute approximate surface area is 251 Å². The van der Waals surface area contributed by atoms with Crippen molar-refractivity contribution in [1.82, 2.24) is 19.6 Å². The monoisotopic (exact) mass is 604 g/mol. The fourth-order valence-corrected chi connectivity index (χ4v) is 4.65. The van der Waals surface area contributed by atoms with Crippen molar-refractivity contribution in [3.63, 3.8) is 0 Å². The molecule has 0 fully saturated rings. The van der Waals surface area contributed by atoms with Crippen LogP contribution in [0.5, 0.6) is 0 Å². The fourth-order valence-electron chi connectivity index (χ4n) is 4.21. The molecule has 2 N–H and O–H groups in total. The molecule has 5 aromatic rings. The molecule has 0 aliphatic heterocycles. The average Bonchev–Trinajstić information content (AvgIpc) is 3.58. The van der Waals surface area contributed by atoms with Gasteiger partial charge in [-0.15, -0.1) is 0 Å². The maximum absolute atomic E-state index is 12.8. The molecule has 0 amide bonds. The number of nitrogens with one attached hydrogen (secondary N) is 2. The Morgan fingerprint density at radius 2 is 1.12 bits per heavy atom. The van der Waals surface area contributed by atoms with E-state index in [9.17, 15) is 9.59 Å². The van der Waals surface area contributed by atoms with E-state index in [2.05, 4.69) is 20.8 Å². The molecule has 2 aromatic heterocycles. The number of benzene rings is 3. The average molecular weight is 605 g/mol. The van der Waals surface area contributed by atoms with Crippen LogP contribution in [-0.4, -0.2) is 44.7 Å². The number of hydrogen-bond acceptors (Lipinski definition) is 8. The van der Waals surface area contributed by atoms with Crippen molar-refractivity contribution in [3.05, 3.63) is 106 Å². The number of rotatable bonds is 10. The Morgan fingerprint density at radius 3 is 1.52 bits per heavy atom. The van der Waals surface area contributed by atoms with Crippen LogP contribution in [0, 0.1) is 0 Å². The third kappa shape index (κ3) is 5.95. The Morgan fingerprint density at radius 1 is 0.690 bits per heavy atom. The van der Waals surface area contributed by atoms with Crippen LogP contribution >= 0.6 is 23.2 Å². The van der Waals surface area contributed by atoms with Gasteiger partial charge in [0.1, 0.15) is 22.8 Å². The van der Waals surface area contributed by atoms with Crippen LogP contribution in [-0.2, 0) is 9.47 Å². The summed E-state index contributed by atoms with van der Waals surface area (Å²) in [5.41, 5.74) is 2.85. The van der Waals surface area contributed by atoms with Crippen molar-refractivity contribution in [1.29, 1.82) is 0 Å². The first-order chi connectivity index (χ1) is 20.4. The molecule has 10 nitrogen and oxygen atoms in total. The summed E-state index contributed by atoms with van der Waals surface area (Å²) in [6.45, 7) is 3.88. The van der Waals surface area contributed by atoms with E-state index in [0.717, 1.165) is 0 Å². The lowest BCUT2D eigenvalue weighted by Crippen LogP contribution is -2.10. The number of ether oxygens (including phenoxy) is 2. The van der Waals surface area contributed by atoms with Gasteiger partial charge in [0.2, 0.25) is 0 Å². The highest BCUT2D eigenvalue weighted by molar-refractivity contribution is 6.32. The summed E-state index contributed by atoms with van der Waals surface area (Å²) in [5.74, 6) is -0.329. The molecular formula is C30H26Cl2N6O4. The summed E-state index contributed by atoms with van der Waals surface area (Å²) in [6, 6.07) is 21.6. The summed E-state index contributed by atoms with van der Waals surface area (Å²) < 4.78 is 13.6. The van der Waals surface area contributed by atoms with Crippen LogP contribution in [0.3, 0.4) is 0 Å². The first-order valence-electron chi connectivity index (χ1n) is 13.1. The molecule has 0 atom stereocenters. The molecule has 42 heavy (non-hydrogen) atoms. The van der Waals surface area contributed by atoms with Gasteiger partial charge in [0.05, 0.1) is 47.0 Å². The Bertz CT molecular complexity index is 1630. The number of aromatic nitrogens is 4. The van der Waals surface area contributed by atoms with Gasteiger partial charge < -0.3 is 20.1 Å². The van der Waals surface area contributed by atoms with Crippen LogP contribution in [0.1, 0.15) is 34.6 Å². The Kier molecular flexibility index (Phi) is 8.75. The van der Waals surface area contributed by atoms with Crippen LogP contribution < -0.4 is 10.6 Å². The lowest BCUT2D eigenvalue weighted by atomic mass is 10.2. The van der Waals surface area contributed by atoms with Crippen molar-refractivity contribution in [2.45, 2.75) is 13.8 Å². The van der Waals surface area contributed by atoms with Gasteiger partial charge in [0, 0.05) is 11.4 Å². The molecular weight excluding hydrogens is 579 g/mol. The molecule has 0 aliphatic rings. The summed E-state index contributed by atoms with van der Waals surface area (Å²) in [6.07, 6.45) is 2.86. The van der Waals surface area contributed by atoms with E-state index in [1.807, 2.05) is 42.5 Å². The molecule has 5 rings (SSSR count). The number of nitrogens with zero attached hydrogens (tertiary/aromatic N) is 4. The highest BCUT2D eigenvalue weighted by Gasteiger charge is 2.23. The number of anilines is 4. The van der Waals surface area contributed by atoms with Crippen LogP contribution in [0.25, 0.3) is 11.4 Å². The van der Waals surface area contributed by atoms with Crippen LogP contribution in [0.15, 0.2) is 85.2 Å². The Balaban J connectivity index is 1.53. The van der Waals surface area contributed by atoms with Gasteiger partial charge in [-0.25, -0.2) is 19.0 Å². The molecule has 0 radical (unpaired) electrons. The number of para-hydroxylation sites is 2. The van der Waals surface area contributed by atoms with Crippen LogP contribution in [0.2, 0.25) is 10.0 Å². The van der Waals surface area contributed by atoms with Gasteiger partial charge in [-0.3, -0.25) is 0 Å². The molecule has 214 valence electrons. The zero-order valence-corrected chi connectivity index (χ0v) is 24.2. The van der Waals surface area contributed by atoms with Gasteiger partial charge in [0.15, 0.2) is 0 Å². The predicted octanol–water partition coefficient (Wildman–Crippen LogP) is 7.21. The molecule has 0 saturated carbocycles. The van der Waals surface area contributed by atoms with Gasteiger partial charge >= 0.3 is 11.9 Å². The summed E-state index contributed by atoms with van der Waals surface area (Å²) in [4.78, 5) is 25.6. The second-order valence-electron chi connectivity index (χ2n) is 8.81. The molecule has 0 unspecified atom stereocenters. The quantitative estimate of drug-likeness (QED) is 0.161. The van der Waals surface area contributed by atoms with Gasteiger partial charge in [-0.2, -0.15) is 10.2 Å². The van der Waals surface area contributed by atoms with E-state index in [0.29, 0.717) is 44.4 Å². The lowest BCUT2D eigenvalue weighted by molar-refractivity contribution is 0.0518. The molecule has 12 heteroatoms. The van der Waals surface area contributed by atoms with Crippen molar-refractivity contribution >= 4 is 58.2 Å². The van der Waals surface area contributed by atoms with Crippen molar-refractivity contribution < 1.29 is 19.1 Å². The third-order valence-corrected chi connectivity index (χ3v) is 6.72. The molecule has 2 heterocycles. The second-order valence-corrected chi connectivity index (χ2v) is 9.63. The van der Waals surface area contributed by atoms with E-state index >= 15 is 0 Å². The van der Waals surface area contributed by atoms with E-state index < -0.39 is 11.9 Å². The Hall–Kier alpha value is -4.80. The number of hydrogen-bond donors (Lipinski definition) is 2. The SMILES string of the molecule is CCOC(=O)c1cnn(-c2ccccc2Cl)c1Nc1cccc(Nc2c(C(=O)OCC)cnn2-c2ccccc2Cl)c1. The largest absolute Gasteiger partial charge is 0.462 e. The summed E-state index contributed by atoms with van der Waals surface area (Å²) in [7, 11) is 0. The van der Waals surface area contributed by atoms with E-state index in [-0.39, 0.29) is 24.3 Å². The lowest BCUT2D eigenvalue weighted by Gasteiger charge is -2.15. The third-order valence-electron chi connectivity index (χ3n) is 6.08. The number of halogens is 2. The smallest absolute Gasteiger partial charge is 0.343 e. The molecule has 0 aliphatic carbocycles. The highest BCUT2D eigenvalue weighted by atomic mass is 35.5. The van der Waals surface area contributed by atoms with Gasteiger partial charge in [-0.1, -0.05) is 53.5 Å². The van der Waals surface area contributed by atoms with Crippen molar-refractivity contribution in [3.8, 4) is 11.4 Å². The molecule has 3 aromatic carbocycles. The standard InChI is InChI=1S/C30H26Cl2N6O4/c1-3-41-29(39)21-17-33-37(25-14-7-5-12-23(25)31)27(21)35-19-10-9-11-20(16-19)36-28-22(30(40)42-4-2)18-34-38(28)26-15-8-6-13-24(26)32/h5-18,35-36H,3-4H2,1-2H3. The number of esters is 2. The molecule has 0 saturated heterocycles. The predicted molar refractivity (Wildman–Crippen MR) is 162 cm³/mol. The van der Waals surface area contributed by atoms with E-state index in [1.54, 1.807) is 53.5 Å². The van der Waals surface area contributed by atoms with Gasteiger partial charge in [-0.05, 0) is 56.3 Å². The normalized spacial score (nSPS) is 10.8. The fraction of sp³-hybridized carbons (Fsp3) is 0.133. The minimum absolute atomic E-state index is 0.205. The minimum Gasteiger partial charge on any atom is -0.462 e. The number of carbonyl (C=O) groups is 2. The first-order valence-corrected chi connectivity index (χ1v) is 13.8. The van der Waals surface area contributed by atoms with Crippen molar-refractivity contribution in [2.24, 2.45) is 0 Å². The van der Waals surface area contributed by atoms with Crippen molar-refractivity contribution in [2.75, 3.05) is 23.8 Å². The van der Waals surface area contributed by atoms with E-state index in [4.69, 9.17) is 32.7 Å². The maximum atomic E-state index is 12.8. The molecule has 0 bridgehead atoms. The molecule has 0 spiro atoms. The number of carbonyl (C=O) groups excluding carboxylic acids is 2. The summed E-state index contributed by atoms with van der Waals surface area (Å²) >= 11 is 12.9. The first kappa shape index (κ1) is 28.7. The highest BCUT2D eigenvalue weighted by Crippen LogP contribution is 2.32. The second kappa shape index (κ2) is 12.8.